The quantitative estimate of drug-likeness (QED) is 0.0515. The van der Waals surface area contributed by atoms with E-state index in [1.807, 2.05) is 44.2 Å². The number of carbonyl (C=O) groups is 8. The maximum atomic E-state index is 12.3. The molecule has 0 radical (unpaired) electrons. The Hall–Kier alpha value is -5.02. The molecule has 6 amide bonds. The van der Waals surface area contributed by atoms with E-state index in [2.05, 4.69) is 122 Å². The van der Waals surface area contributed by atoms with Gasteiger partial charge in [-0.15, -0.1) is 0 Å². The van der Waals surface area contributed by atoms with Crippen molar-refractivity contribution in [3.8, 4) is 0 Å². The molecule has 0 aliphatic heterocycles. The molecular weight excluding hydrogens is 1200 g/mol. The number of amides is 6. The zero-order valence-corrected chi connectivity index (χ0v) is 63.8. The number of nitrogens with one attached hydrogen (secondary N) is 6. The molecule has 1 aromatic rings. The number of carboxylic acids is 2. The molecule has 96 heavy (non-hydrogen) atoms. The summed E-state index contributed by atoms with van der Waals surface area (Å²) in [6.07, 6.45) is 38.2. The second-order valence-corrected chi connectivity index (χ2v) is 31.9. The third kappa shape index (κ3) is 30.2. The van der Waals surface area contributed by atoms with Crippen molar-refractivity contribution in [1.82, 2.24) is 31.9 Å². The van der Waals surface area contributed by atoms with Gasteiger partial charge in [-0.2, -0.15) is 0 Å². The number of rotatable bonds is 23. The van der Waals surface area contributed by atoms with E-state index < -0.39 is 11.9 Å². The summed E-state index contributed by atoms with van der Waals surface area (Å²) in [6, 6.07) is 9.53. The van der Waals surface area contributed by atoms with Gasteiger partial charge in [0.15, 0.2) is 0 Å². The number of hydrogen-bond acceptors (Lipinski definition) is 8. The van der Waals surface area contributed by atoms with Crippen LogP contribution in [0.1, 0.15) is 359 Å². The third-order valence-corrected chi connectivity index (χ3v) is 22.8. The van der Waals surface area contributed by atoms with Gasteiger partial charge in [0.05, 0.1) is 6.42 Å². The Morgan fingerprint density at radius 3 is 0.885 bits per heavy atom. The van der Waals surface area contributed by atoms with E-state index in [0.717, 1.165) is 89.0 Å². The fraction of sp³-hybridized carbons (Fsp3) is 0.825. The number of aliphatic carboxylic acids is 2. The fourth-order valence-electron chi connectivity index (χ4n) is 15.7. The van der Waals surface area contributed by atoms with Crippen molar-refractivity contribution in [2.75, 3.05) is 0 Å². The SMILES string of the molecule is CC(=O)NC1(C(C)C)CCCCC1.CC(C)C(=O)NC1(C(C)C)CCCCC1.CC(C)C1(NC(=O)CCC(=O)O)CCCCC1.CC(C)C1(NC(=O)CCCC(=O)O)CCCCC1.CC(C)C1(NC(=O)c2ccccc2)CCCCC1.CCCC(=O)NC1(C(C)C)CCCCC1. The topological polar surface area (TPSA) is 249 Å². The zero-order valence-electron chi connectivity index (χ0n) is 63.8. The second kappa shape index (κ2) is 44.2. The summed E-state index contributed by atoms with van der Waals surface area (Å²) in [5.41, 5.74) is 0.897. The van der Waals surface area contributed by atoms with Gasteiger partial charge < -0.3 is 42.1 Å². The van der Waals surface area contributed by atoms with Crippen molar-refractivity contribution in [2.45, 2.75) is 382 Å². The van der Waals surface area contributed by atoms with Crippen LogP contribution in [0.15, 0.2) is 30.3 Å². The predicted molar refractivity (Wildman–Crippen MR) is 392 cm³/mol. The first-order valence-electron chi connectivity index (χ1n) is 38.6. The molecular formula is C80H142N6O10. The Morgan fingerprint density at radius 2 is 0.615 bits per heavy atom. The minimum absolute atomic E-state index is 0.00513. The number of carboxylic acid groups (broad SMARTS) is 2. The summed E-state index contributed by atoms with van der Waals surface area (Å²) in [7, 11) is 0. The maximum absolute atomic E-state index is 12.3. The van der Waals surface area contributed by atoms with Gasteiger partial charge in [-0.1, -0.05) is 238 Å². The van der Waals surface area contributed by atoms with Crippen molar-refractivity contribution in [1.29, 1.82) is 0 Å². The van der Waals surface area contributed by atoms with Gasteiger partial charge in [0, 0.05) is 77.3 Å². The Kier molecular flexibility index (Phi) is 40.1. The molecule has 0 aromatic heterocycles. The van der Waals surface area contributed by atoms with Crippen LogP contribution in [0.25, 0.3) is 0 Å². The fourth-order valence-corrected chi connectivity index (χ4v) is 15.7. The first-order valence-corrected chi connectivity index (χ1v) is 38.6. The van der Waals surface area contributed by atoms with E-state index in [0.29, 0.717) is 54.8 Å². The monoisotopic (exact) mass is 1350 g/mol. The average molecular weight is 1350 g/mol. The molecule has 6 saturated carbocycles. The lowest BCUT2D eigenvalue weighted by Gasteiger charge is -2.42. The normalized spacial score (nSPS) is 19.7. The van der Waals surface area contributed by atoms with Gasteiger partial charge in [0.25, 0.3) is 5.91 Å². The smallest absolute Gasteiger partial charge is 0.303 e. The summed E-state index contributed by atoms with van der Waals surface area (Å²) >= 11 is 0. The van der Waals surface area contributed by atoms with Crippen molar-refractivity contribution >= 4 is 47.4 Å². The van der Waals surface area contributed by atoms with Gasteiger partial charge >= 0.3 is 11.9 Å². The number of carbonyl (C=O) groups excluding carboxylic acids is 6. The van der Waals surface area contributed by atoms with Gasteiger partial charge in [0.2, 0.25) is 29.5 Å². The molecule has 0 unspecified atom stereocenters. The van der Waals surface area contributed by atoms with E-state index in [9.17, 15) is 38.4 Å². The maximum Gasteiger partial charge on any atom is 0.303 e. The van der Waals surface area contributed by atoms with Crippen LogP contribution >= 0.6 is 0 Å². The average Bonchev–Trinajstić information content (AvgIpc) is 0.915. The highest BCUT2D eigenvalue weighted by Gasteiger charge is 2.41. The lowest BCUT2D eigenvalue weighted by Crippen LogP contribution is -2.54. The highest BCUT2D eigenvalue weighted by Crippen LogP contribution is 2.39. The first-order chi connectivity index (χ1) is 45.2. The van der Waals surface area contributed by atoms with Crippen molar-refractivity contribution < 1.29 is 48.6 Å². The summed E-state index contributed by atoms with van der Waals surface area (Å²) in [6.45, 7) is 34.0. The minimum atomic E-state index is -0.914. The highest BCUT2D eigenvalue weighted by molar-refractivity contribution is 5.94. The number of benzene rings is 1. The van der Waals surface area contributed by atoms with Crippen LogP contribution in [0.2, 0.25) is 0 Å². The van der Waals surface area contributed by atoms with Gasteiger partial charge in [-0.05, 0) is 138 Å². The summed E-state index contributed by atoms with van der Waals surface area (Å²) in [4.78, 5) is 91.4. The lowest BCUT2D eigenvalue weighted by atomic mass is 9.74. The molecule has 0 bridgehead atoms. The molecule has 552 valence electrons. The van der Waals surface area contributed by atoms with Gasteiger partial charge in [-0.3, -0.25) is 38.4 Å². The van der Waals surface area contributed by atoms with Crippen LogP contribution in [-0.4, -0.2) is 90.8 Å². The van der Waals surface area contributed by atoms with Crippen LogP contribution in [0.5, 0.6) is 0 Å². The molecule has 6 aliphatic carbocycles. The molecule has 6 fully saturated rings. The molecule has 0 spiro atoms. The minimum Gasteiger partial charge on any atom is -0.481 e. The molecule has 8 N–H and O–H groups in total. The van der Waals surface area contributed by atoms with E-state index in [-0.39, 0.29) is 93.9 Å². The van der Waals surface area contributed by atoms with Crippen molar-refractivity contribution in [3.05, 3.63) is 35.9 Å². The summed E-state index contributed by atoms with van der Waals surface area (Å²) in [5, 5.41) is 36.4. The van der Waals surface area contributed by atoms with Crippen LogP contribution in [-0.2, 0) is 33.6 Å². The predicted octanol–water partition coefficient (Wildman–Crippen LogP) is 17.7. The lowest BCUT2D eigenvalue weighted by molar-refractivity contribution is -0.139. The Bertz CT molecular complexity index is 2420. The Balaban J connectivity index is 0.000000393. The van der Waals surface area contributed by atoms with Crippen molar-refractivity contribution in [3.63, 3.8) is 0 Å². The summed E-state index contributed by atoms with van der Waals surface area (Å²) in [5.74, 6) is 1.86. The Morgan fingerprint density at radius 1 is 0.344 bits per heavy atom. The third-order valence-electron chi connectivity index (χ3n) is 22.8. The van der Waals surface area contributed by atoms with Crippen molar-refractivity contribution in [2.24, 2.45) is 41.4 Å². The first kappa shape index (κ1) is 87.1. The molecule has 0 saturated heterocycles. The van der Waals surface area contributed by atoms with Crippen LogP contribution < -0.4 is 31.9 Å². The van der Waals surface area contributed by atoms with Gasteiger partial charge in [-0.25, -0.2) is 0 Å². The standard InChI is InChI=1S/C16H23NO.C14H25NO3.C13H23NO3.2C13H25NO.C11H21NO/c1-13(2)16(11-7-4-8-12-16)17-15(18)14-9-5-3-6-10-14;1-11(2)14(9-4-3-5-10-14)15-12(16)7-6-8-13(17)18;1-10(2)13(8-4-3-5-9-13)14-11(15)6-7-12(16)17;1-10(2)12(15)14-13(11(3)4)8-6-5-7-9-13;1-4-8-12(15)14-13(11(2)3)9-6-5-7-10-13;1-9(2)11(12-10(3)13)7-5-4-6-8-11/h3,5-6,9-10,13H,4,7-8,11-12H2,1-2H3,(H,17,18);11H,3-10H2,1-2H3,(H,15,16)(H,17,18);10H,3-9H2,1-2H3,(H,14,15)(H,16,17);10-11H,5-9H2,1-4H3,(H,14,15);11H,4-10H2,1-3H3,(H,14,15);9H,4-8H2,1-3H3,(H,12,13). The van der Waals surface area contributed by atoms with E-state index in [4.69, 9.17) is 10.2 Å². The summed E-state index contributed by atoms with van der Waals surface area (Å²) < 4.78 is 0. The van der Waals surface area contributed by atoms with Crippen LogP contribution in [0.3, 0.4) is 0 Å². The largest absolute Gasteiger partial charge is 0.481 e. The number of hydrogen-bond donors (Lipinski definition) is 8. The molecule has 1 aromatic carbocycles. The van der Waals surface area contributed by atoms with E-state index in [1.165, 1.54) is 116 Å². The van der Waals surface area contributed by atoms with E-state index >= 15 is 0 Å². The molecule has 16 heteroatoms. The molecule has 7 rings (SSSR count). The molecule has 0 heterocycles. The molecule has 0 atom stereocenters. The van der Waals surface area contributed by atoms with Crippen LogP contribution in [0.4, 0.5) is 0 Å². The zero-order chi connectivity index (χ0) is 72.2. The highest BCUT2D eigenvalue weighted by atomic mass is 16.4. The van der Waals surface area contributed by atoms with E-state index in [1.54, 1.807) is 6.92 Å². The Labute approximate surface area is 584 Å². The second-order valence-electron chi connectivity index (χ2n) is 31.9. The van der Waals surface area contributed by atoms with Gasteiger partial charge in [0.1, 0.15) is 0 Å². The molecule has 16 nitrogen and oxygen atoms in total. The molecule has 6 aliphatic rings. The van der Waals surface area contributed by atoms with Crippen LogP contribution in [0, 0.1) is 41.4 Å².